The summed E-state index contributed by atoms with van der Waals surface area (Å²) in [7, 11) is 0. The molecular formula is C18H11Br2N7. The molecule has 0 atom stereocenters. The van der Waals surface area contributed by atoms with Crippen LogP contribution >= 0.6 is 31.9 Å². The molecule has 0 saturated carbocycles. The first-order valence-electron chi connectivity index (χ1n) is 7.91. The molecule has 27 heavy (non-hydrogen) atoms. The third kappa shape index (κ3) is 3.54. The van der Waals surface area contributed by atoms with Gasteiger partial charge in [-0.2, -0.15) is 15.2 Å². The van der Waals surface area contributed by atoms with Gasteiger partial charge in [-0.15, -0.1) is 10.2 Å². The number of hydrogen-bond acceptors (Lipinski definition) is 5. The van der Waals surface area contributed by atoms with Crippen LogP contribution in [0.3, 0.4) is 0 Å². The Morgan fingerprint density at radius 1 is 1.04 bits per heavy atom. The highest BCUT2D eigenvalue weighted by atomic mass is 79.9. The van der Waals surface area contributed by atoms with E-state index >= 15 is 0 Å². The largest absolute Gasteiger partial charge is 0.225 e. The molecule has 0 spiro atoms. The second kappa shape index (κ2) is 7.42. The quantitative estimate of drug-likeness (QED) is 0.437. The maximum atomic E-state index is 8.87. The Hall–Kier alpha value is -2.83. The van der Waals surface area contributed by atoms with Crippen LogP contribution in [-0.2, 0) is 6.54 Å². The third-order valence-corrected chi connectivity index (χ3v) is 5.33. The van der Waals surface area contributed by atoms with Crippen molar-refractivity contribution in [1.82, 2.24) is 30.0 Å². The van der Waals surface area contributed by atoms with Gasteiger partial charge in [-0.05, 0) is 66.9 Å². The average Bonchev–Trinajstić information content (AvgIpc) is 3.29. The average molecular weight is 485 g/mol. The molecule has 2 aromatic carbocycles. The first kappa shape index (κ1) is 17.6. The molecule has 7 nitrogen and oxygen atoms in total. The molecular weight excluding hydrogens is 474 g/mol. The molecule has 132 valence electrons. The topological polar surface area (TPSA) is 85.2 Å². The summed E-state index contributed by atoms with van der Waals surface area (Å²) in [6, 6.07) is 17.2. The van der Waals surface area contributed by atoms with E-state index in [1.54, 1.807) is 23.0 Å². The molecule has 2 heterocycles. The lowest BCUT2D eigenvalue weighted by Crippen LogP contribution is -2.04. The molecule has 0 amide bonds. The highest BCUT2D eigenvalue weighted by Gasteiger charge is 2.17. The van der Waals surface area contributed by atoms with E-state index in [9.17, 15) is 0 Å². The van der Waals surface area contributed by atoms with Crippen molar-refractivity contribution >= 4 is 31.9 Å². The fourth-order valence-corrected chi connectivity index (χ4v) is 3.56. The zero-order valence-electron chi connectivity index (χ0n) is 13.8. The highest BCUT2D eigenvalue weighted by molar-refractivity contribution is 9.11. The third-order valence-electron chi connectivity index (χ3n) is 3.89. The van der Waals surface area contributed by atoms with E-state index in [1.807, 2.05) is 36.4 Å². The number of halogens is 2. The zero-order valence-corrected chi connectivity index (χ0v) is 17.0. The Morgan fingerprint density at radius 2 is 1.81 bits per heavy atom. The number of hydrogen-bond donors (Lipinski definition) is 0. The summed E-state index contributed by atoms with van der Waals surface area (Å²) in [5.41, 5.74) is 3.26. The minimum Gasteiger partial charge on any atom is -0.225 e. The van der Waals surface area contributed by atoms with E-state index in [0.717, 1.165) is 25.9 Å². The summed E-state index contributed by atoms with van der Waals surface area (Å²) in [5, 5.41) is 26.0. The number of benzene rings is 2. The molecule has 0 fully saturated rings. The van der Waals surface area contributed by atoms with Crippen LogP contribution < -0.4 is 0 Å². The minimum absolute atomic E-state index is 0.467. The van der Waals surface area contributed by atoms with E-state index in [-0.39, 0.29) is 0 Å². The normalized spacial score (nSPS) is 10.7. The highest BCUT2D eigenvalue weighted by Crippen LogP contribution is 2.30. The SMILES string of the molecule is N#Cc1ccc(Cn2nnc(-c3cnn(-c4ccccc4Br)c3Br)n2)cc1. The maximum absolute atomic E-state index is 8.87. The lowest BCUT2D eigenvalue weighted by molar-refractivity contribution is 0.573. The van der Waals surface area contributed by atoms with Crippen LogP contribution in [0.4, 0.5) is 0 Å². The van der Waals surface area contributed by atoms with Crippen LogP contribution in [0.1, 0.15) is 11.1 Å². The fourth-order valence-electron chi connectivity index (χ4n) is 2.54. The summed E-state index contributed by atoms with van der Waals surface area (Å²) in [6.45, 7) is 0.467. The molecule has 4 aromatic rings. The van der Waals surface area contributed by atoms with Gasteiger partial charge in [-0.3, -0.25) is 0 Å². The van der Waals surface area contributed by atoms with E-state index in [2.05, 4.69) is 58.4 Å². The summed E-state index contributed by atoms with van der Waals surface area (Å²) < 4.78 is 3.44. The number of nitriles is 1. The van der Waals surface area contributed by atoms with Gasteiger partial charge in [0.15, 0.2) is 0 Å². The Balaban J connectivity index is 1.60. The van der Waals surface area contributed by atoms with Crippen molar-refractivity contribution in [1.29, 1.82) is 5.26 Å². The van der Waals surface area contributed by atoms with Crippen LogP contribution in [0, 0.1) is 11.3 Å². The minimum atomic E-state index is 0.467. The molecule has 0 N–H and O–H groups in total. The first-order chi connectivity index (χ1) is 13.2. The lowest BCUT2D eigenvalue weighted by atomic mass is 10.1. The van der Waals surface area contributed by atoms with E-state index in [1.165, 1.54) is 4.80 Å². The first-order valence-corrected chi connectivity index (χ1v) is 9.50. The smallest absolute Gasteiger partial charge is 0.209 e. The molecule has 0 aliphatic carbocycles. The molecule has 0 unspecified atom stereocenters. The van der Waals surface area contributed by atoms with Crippen molar-refractivity contribution < 1.29 is 0 Å². The van der Waals surface area contributed by atoms with Gasteiger partial charge in [-0.25, -0.2) is 4.68 Å². The number of rotatable bonds is 4. The van der Waals surface area contributed by atoms with E-state index < -0.39 is 0 Å². The predicted molar refractivity (Wildman–Crippen MR) is 106 cm³/mol. The second-order valence-electron chi connectivity index (χ2n) is 5.66. The van der Waals surface area contributed by atoms with Crippen LogP contribution in [0.25, 0.3) is 17.1 Å². The van der Waals surface area contributed by atoms with Crippen molar-refractivity contribution in [3.63, 3.8) is 0 Å². The Bertz CT molecular complexity index is 1140. The summed E-state index contributed by atoms with van der Waals surface area (Å²) in [4.78, 5) is 1.51. The number of tetrazole rings is 1. The Morgan fingerprint density at radius 3 is 2.56 bits per heavy atom. The number of nitrogens with zero attached hydrogens (tertiary/aromatic N) is 7. The van der Waals surface area contributed by atoms with Gasteiger partial charge in [0, 0.05) is 4.47 Å². The molecule has 0 aliphatic rings. The predicted octanol–water partition coefficient (Wildman–Crippen LogP) is 3.97. The van der Waals surface area contributed by atoms with Crippen molar-refractivity contribution in [2.45, 2.75) is 6.54 Å². The van der Waals surface area contributed by atoms with Gasteiger partial charge in [-0.1, -0.05) is 24.3 Å². The molecule has 0 radical (unpaired) electrons. The summed E-state index contributed by atoms with van der Waals surface area (Å²) in [6.07, 6.45) is 1.70. The van der Waals surface area contributed by atoms with Crippen molar-refractivity contribution in [2.24, 2.45) is 0 Å². The van der Waals surface area contributed by atoms with Crippen LogP contribution in [-0.4, -0.2) is 30.0 Å². The Kier molecular flexibility index (Phi) is 4.83. The van der Waals surface area contributed by atoms with Gasteiger partial charge in [0.05, 0.1) is 35.6 Å². The van der Waals surface area contributed by atoms with Crippen LogP contribution in [0.2, 0.25) is 0 Å². The molecule has 0 bridgehead atoms. The van der Waals surface area contributed by atoms with Gasteiger partial charge in [0.25, 0.3) is 0 Å². The molecule has 9 heteroatoms. The van der Waals surface area contributed by atoms with Crippen LogP contribution in [0.15, 0.2) is 63.8 Å². The molecule has 0 aliphatic heterocycles. The number of aromatic nitrogens is 6. The zero-order chi connectivity index (χ0) is 18.8. The second-order valence-corrected chi connectivity index (χ2v) is 7.27. The maximum Gasteiger partial charge on any atom is 0.209 e. The molecule has 0 saturated heterocycles. The lowest BCUT2D eigenvalue weighted by Gasteiger charge is -2.05. The van der Waals surface area contributed by atoms with Crippen LogP contribution in [0.5, 0.6) is 0 Å². The Labute approximate surface area is 171 Å². The van der Waals surface area contributed by atoms with Crippen molar-refractivity contribution in [2.75, 3.05) is 0 Å². The summed E-state index contributed by atoms with van der Waals surface area (Å²) in [5.74, 6) is 0.480. The van der Waals surface area contributed by atoms with Gasteiger partial charge in [0.1, 0.15) is 4.60 Å². The monoisotopic (exact) mass is 483 g/mol. The summed E-state index contributed by atoms with van der Waals surface area (Å²) >= 11 is 7.12. The van der Waals surface area contributed by atoms with Crippen molar-refractivity contribution in [3.8, 4) is 23.1 Å². The van der Waals surface area contributed by atoms with Gasteiger partial charge >= 0.3 is 0 Å². The van der Waals surface area contributed by atoms with Gasteiger partial charge < -0.3 is 0 Å². The van der Waals surface area contributed by atoms with E-state index in [4.69, 9.17) is 5.26 Å². The number of para-hydroxylation sites is 1. The molecule has 4 rings (SSSR count). The van der Waals surface area contributed by atoms with Gasteiger partial charge in [0.2, 0.25) is 5.82 Å². The fraction of sp³-hybridized carbons (Fsp3) is 0.0556. The molecule has 2 aromatic heterocycles. The van der Waals surface area contributed by atoms with Crippen molar-refractivity contribution in [3.05, 3.63) is 74.9 Å². The standard InChI is InChI=1S/C18H11Br2N7/c19-15-3-1-2-4-16(15)27-17(20)14(10-22-27)18-23-25-26(24-18)11-13-7-5-12(9-21)6-8-13/h1-8,10H,11H2. The van der Waals surface area contributed by atoms with E-state index in [0.29, 0.717) is 17.9 Å².